The molecule has 1 fully saturated rings. The number of fused-ring (bicyclic) bond motifs is 1. The summed E-state index contributed by atoms with van der Waals surface area (Å²) in [7, 11) is 0. The fraction of sp³-hybridized carbons (Fsp3) is 0.391. The highest BCUT2D eigenvalue weighted by Gasteiger charge is 2.25. The molecule has 6 heteroatoms. The highest BCUT2D eigenvalue weighted by Crippen LogP contribution is 2.30. The van der Waals surface area contributed by atoms with Crippen molar-refractivity contribution in [3.05, 3.63) is 55.0 Å². The Morgan fingerprint density at radius 2 is 1.86 bits per heavy atom. The number of nitrogens with one attached hydrogen (secondary N) is 2. The maximum Gasteiger partial charge on any atom is 0.182 e. The van der Waals surface area contributed by atoms with Crippen LogP contribution in [0.25, 0.3) is 16.9 Å². The van der Waals surface area contributed by atoms with Crippen LogP contribution in [0.2, 0.25) is 0 Å². The van der Waals surface area contributed by atoms with E-state index in [2.05, 4.69) is 54.2 Å². The van der Waals surface area contributed by atoms with Crippen LogP contribution >= 0.6 is 0 Å². The molecule has 152 valence electrons. The Morgan fingerprint density at radius 3 is 2.55 bits per heavy atom. The first-order valence-electron chi connectivity index (χ1n) is 10.4. The van der Waals surface area contributed by atoms with Crippen LogP contribution in [0, 0.1) is 11.8 Å². The maximum atomic E-state index is 5.00. The molecule has 3 aromatic rings. The van der Waals surface area contributed by atoms with Gasteiger partial charge in [0.2, 0.25) is 0 Å². The molecule has 0 saturated carbocycles. The topological polar surface area (TPSA) is 57.5 Å². The molecule has 0 unspecified atom stereocenters. The smallest absolute Gasteiger partial charge is 0.182 e. The zero-order valence-electron chi connectivity index (χ0n) is 17.5. The Hall–Kier alpha value is -3.02. The number of nitrogens with zero attached hydrogens (tertiary/aromatic N) is 4. The predicted octanol–water partition coefficient (Wildman–Crippen LogP) is 4.37. The molecule has 0 spiro atoms. The number of aromatic nitrogens is 3. The third kappa shape index (κ3) is 4.21. The predicted molar refractivity (Wildman–Crippen MR) is 120 cm³/mol. The van der Waals surface area contributed by atoms with Gasteiger partial charge in [0.05, 0.1) is 5.82 Å². The molecule has 1 aliphatic heterocycles. The number of rotatable bonds is 6. The highest BCUT2D eigenvalue weighted by atomic mass is 15.3. The Kier molecular flexibility index (Phi) is 5.43. The van der Waals surface area contributed by atoms with Crippen molar-refractivity contribution in [2.45, 2.75) is 27.2 Å². The van der Waals surface area contributed by atoms with E-state index in [9.17, 15) is 0 Å². The molecule has 0 bridgehead atoms. The van der Waals surface area contributed by atoms with E-state index in [-0.39, 0.29) is 0 Å². The van der Waals surface area contributed by atoms with Gasteiger partial charge in [0.1, 0.15) is 5.52 Å². The van der Waals surface area contributed by atoms with E-state index in [4.69, 9.17) is 10.1 Å². The second kappa shape index (κ2) is 8.15. The quantitative estimate of drug-likeness (QED) is 0.654. The molecule has 0 aliphatic carbocycles. The molecular weight excluding hydrogens is 360 g/mol. The summed E-state index contributed by atoms with van der Waals surface area (Å²) in [6.07, 6.45) is 3.27. The summed E-state index contributed by atoms with van der Waals surface area (Å²) < 4.78 is 1.95. The van der Waals surface area contributed by atoms with Gasteiger partial charge in [-0.05, 0) is 61.6 Å². The number of hydrogen-bond donors (Lipinski definition) is 2. The summed E-state index contributed by atoms with van der Waals surface area (Å²) in [5.74, 6) is 3.90. The molecule has 0 radical (unpaired) electrons. The standard InChI is InChI=1S/C23H30N6/c1-5-24-18(4)25-20-10-8-19(9-11-20)22-26-23(21-7-6-12-29(21)27-22)28-14-16(2)13-17(3)15-28/h6-12,16-17,24-25H,4-5,13-15H2,1-3H3/t16-,17+. The zero-order valence-corrected chi connectivity index (χ0v) is 17.5. The van der Waals surface area contributed by atoms with E-state index in [1.54, 1.807) is 0 Å². The first-order valence-corrected chi connectivity index (χ1v) is 10.4. The minimum absolute atomic E-state index is 0.669. The third-order valence-corrected chi connectivity index (χ3v) is 5.37. The van der Waals surface area contributed by atoms with Gasteiger partial charge in [0.15, 0.2) is 11.6 Å². The van der Waals surface area contributed by atoms with Crippen molar-refractivity contribution < 1.29 is 0 Å². The van der Waals surface area contributed by atoms with Crippen LogP contribution in [0.4, 0.5) is 11.5 Å². The number of hydrogen-bond acceptors (Lipinski definition) is 5. The normalized spacial score (nSPS) is 19.3. The molecule has 4 rings (SSSR count). The van der Waals surface area contributed by atoms with Crippen LogP contribution in [0.5, 0.6) is 0 Å². The van der Waals surface area contributed by atoms with Gasteiger partial charge >= 0.3 is 0 Å². The maximum absolute atomic E-state index is 5.00. The van der Waals surface area contributed by atoms with Crippen molar-refractivity contribution >= 4 is 17.0 Å². The SMILES string of the molecule is C=C(NCC)Nc1ccc(-c2nc(N3C[C@H](C)C[C@H](C)C3)c3cccn3n2)cc1. The minimum Gasteiger partial charge on any atom is -0.372 e. The van der Waals surface area contributed by atoms with Crippen molar-refractivity contribution in [3.63, 3.8) is 0 Å². The molecule has 2 aromatic heterocycles. The van der Waals surface area contributed by atoms with E-state index in [0.717, 1.165) is 53.9 Å². The van der Waals surface area contributed by atoms with E-state index in [1.807, 2.05) is 35.8 Å². The average molecular weight is 391 g/mol. The summed E-state index contributed by atoms with van der Waals surface area (Å²) in [4.78, 5) is 7.43. The summed E-state index contributed by atoms with van der Waals surface area (Å²) in [6, 6.07) is 12.3. The summed E-state index contributed by atoms with van der Waals surface area (Å²) in [5.41, 5.74) is 3.05. The van der Waals surface area contributed by atoms with Gasteiger partial charge in [-0.3, -0.25) is 0 Å². The lowest BCUT2D eigenvalue weighted by atomic mass is 9.92. The van der Waals surface area contributed by atoms with Crippen LogP contribution < -0.4 is 15.5 Å². The summed E-state index contributed by atoms with van der Waals surface area (Å²) in [6.45, 7) is 13.6. The lowest BCUT2D eigenvalue weighted by molar-refractivity contribution is 0.355. The van der Waals surface area contributed by atoms with Gasteiger partial charge in [0.25, 0.3) is 0 Å². The third-order valence-electron chi connectivity index (χ3n) is 5.37. The van der Waals surface area contributed by atoms with Gasteiger partial charge in [-0.25, -0.2) is 9.50 Å². The lowest BCUT2D eigenvalue weighted by Gasteiger charge is -2.36. The molecular formula is C23H30N6. The number of anilines is 2. The van der Waals surface area contributed by atoms with E-state index in [1.165, 1.54) is 6.42 Å². The minimum atomic E-state index is 0.669. The van der Waals surface area contributed by atoms with Crippen LogP contribution in [-0.4, -0.2) is 34.2 Å². The molecule has 6 nitrogen and oxygen atoms in total. The molecule has 1 aliphatic rings. The lowest BCUT2D eigenvalue weighted by Crippen LogP contribution is -2.39. The largest absolute Gasteiger partial charge is 0.372 e. The van der Waals surface area contributed by atoms with Gasteiger partial charge in [0, 0.05) is 37.1 Å². The van der Waals surface area contributed by atoms with Crippen molar-refractivity contribution in [3.8, 4) is 11.4 Å². The Bertz CT molecular complexity index is 980. The Labute approximate surface area is 172 Å². The Balaban J connectivity index is 1.65. The van der Waals surface area contributed by atoms with E-state index < -0.39 is 0 Å². The van der Waals surface area contributed by atoms with E-state index >= 15 is 0 Å². The van der Waals surface area contributed by atoms with Crippen LogP contribution in [0.1, 0.15) is 27.2 Å². The fourth-order valence-corrected chi connectivity index (χ4v) is 4.24. The van der Waals surface area contributed by atoms with Gasteiger partial charge in [-0.1, -0.05) is 20.4 Å². The first kappa shape index (κ1) is 19.3. The molecule has 1 aromatic carbocycles. The molecule has 3 heterocycles. The monoisotopic (exact) mass is 390 g/mol. The second-order valence-corrected chi connectivity index (χ2v) is 8.16. The first-order chi connectivity index (χ1) is 14.0. The molecule has 1 saturated heterocycles. The molecule has 2 atom stereocenters. The van der Waals surface area contributed by atoms with Crippen molar-refractivity contribution in [1.82, 2.24) is 19.9 Å². The number of benzene rings is 1. The van der Waals surface area contributed by atoms with Crippen molar-refractivity contribution in [2.24, 2.45) is 11.8 Å². The summed E-state index contributed by atoms with van der Waals surface area (Å²) >= 11 is 0. The fourth-order valence-electron chi connectivity index (χ4n) is 4.24. The highest BCUT2D eigenvalue weighted by molar-refractivity contribution is 5.72. The van der Waals surface area contributed by atoms with Gasteiger partial charge in [-0.2, -0.15) is 0 Å². The van der Waals surface area contributed by atoms with Crippen LogP contribution in [0.15, 0.2) is 55.0 Å². The molecule has 2 N–H and O–H groups in total. The van der Waals surface area contributed by atoms with Crippen molar-refractivity contribution in [1.29, 1.82) is 0 Å². The Morgan fingerprint density at radius 1 is 1.14 bits per heavy atom. The van der Waals surface area contributed by atoms with Crippen LogP contribution in [-0.2, 0) is 0 Å². The van der Waals surface area contributed by atoms with Crippen molar-refractivity contribution in [2.75, 3.05) is 29.9 Å². The van der Waals surface area contributed by atoms with Gasteiger partial charge in [-0.15, -0.1) is 5.10 Å². The molecule has 29 heavy (non-hydrogen) atoms. The second-order valence-electron chi connectivity index (χ2n) is 8.16. The molecule has 0 amide bonds. The van der Waals surface area contributed by atoms with Crippen LogP contribution in [0.3, 0.4) is 0 Å². The zero-order chi connectivity index (χ0) is 20.4. The van der Waals surface area contributed by atoms with Gasteiger partial charge < -0.3 is 15.5 Å². The number of piperidine rings is 1. The summed E-state index contributed by atoms with van der Waals surface area (Å²) in [5, 5.41) is 11.2. The average Bonchev–Trinajstić information content (AvgIpc) is 3.16. The van der Waals surface area contributed by atoms with E-state index in [0.29, 0.717) is 11.8 Å².